The van der Waals surface area contributed by atoms with Gasteiger partial charge >= 0.3 is 0 Å². The summed E-state index contributed by atoms with van der Waals surface area (Å²) < 4.78 is 1.92. The average molecular weight is 259 g/mol. The number of nitrogen functional groups attached to an aromatic ring is 1. The summed E-state index contributed by atoms with van der Waals surface area (Å²) in [5, 5.41) is 4.32. The summed E-state index contributed by atoms with van der Waals surface area (Å²) in [5.74, 6) is 1.25. The molecule has 0 aliphatic rings. The fraction of sp³-hybridized carbons (Fsp3) is 0.500. The van der Waals surface area contributed by atoms with Gasteiger partial charge in [-0.25, -0.2) is 9.97 Å². The van der Waals surface area contributed by atoms with Gasteiger partial charge in [-0.2, -0.15) is 5.10 Å². The average Bonchev–Trinajstić information content (AvgIpc) is 2.76. The van der Waals surface area contributed by atoms with Crippen LogP contribution in [0.5, 0.6) is 0 Å². The maximum atomic E-state index is 5.88. The van der Waals surface area contributed by atoms with Gasteiger partial charge in [-0.3, -0.25) is 4.68 Å². The highest BCUT2D eigenvalue weighted by Crippen LogP contribution is 2.24. The molecule has 0 aromatic carbocycles. The smallest absolute Gasteiger partial charge is 0.136 e. The van der Waals surface area contributed by atoms with Crippen LogP contribution in [0.3, 0.4) is 0 Å². The minimum atomic E-state index is -0.121. The summed E-state index contributed by atoms with van der Waals surface area (Å²) in [7, 11) is 0. The maximum Gasteiger partial charge on any atom is 0.136 e. The molecular weight excluding hydrogens is 238 g/mol. The molecular formula is C14H21N5. The van der Waals surface area contributed by atoms with Gasteiger partial charge in [0.1, 0.15) is 11.6 Å². The highest BCUT2D eigenvalue weighted by Gasteiger charge is 2.19. The first-order chi connectivity index (χ1) is 8.90. The molecule has 0 atom stereocenters. The molecule has 0 amide bonds. The van der Waals surface area contributed by atoms with Crippen LogP contribution >= 0.6 is 0 Å². The molecule has 0 unspecified atom stereocenters. The SMILES string of the molecule is CCCn1cc(-c2cc(N)nc(C(C)(C)C)n2)cn1. The standard InChI is InChI=1S/C14H21N5/c1-5-6-19-9-10(8-16-19)11-7-12(15)18-13(17-11)14(2,3)4/h7-9H,5-6H2,1-4H3,(H2,15,17,18). The van der Waals surface area contributed by atoms with Gasteiger partial charge in [-0.05, 0) is 6.42 Å². The minimum absolute atomic E-state index is 0.121. The van der Waals surface area contributed by atoms with Crippen LogP contribution in [0.2, 0.25) is 0 Å². The molecule has 0 aliphatic heterocycles. The molecule has 2 rings (SSSR count). The van der Waals surface area contributed by atoms with E-state index >= 15 is 0 Å². The molecule has 2 N–H and O–H groups in total. The second-order valence-electron chi connectivity index (χ2n) is 5.74. The summed E-state index contributed by atoms with van der Waals surface area (Å²) in [6.45, 7) is 9.26. The van der Waals surface area contributed by atoms with Crippen molar-refractivity contribution in [3.05, 3.63) is 24.3 Å². The molecule has 0 radical (unpaired) electrons. The largest absolute Gasteiger partial charge is 0.384 e. The van der Waals surface area contributed by atoms with Crippen molar-refractivity contribution < 1.29 is 0 Å². The van der Waals surface area contributed by atoms with Crippen LogP contribution in [-0.4, -0.2) is 19.7 Å². The Morgan fingerprint density at radius 3 is 2.63 bits per heavy atom. The van der Waals surface area contributed by atoms with Crippen LogP contribution in [0.1, 0.15) is 39.9 Å². The van der Waals surface area contributed by atoms with E-state index in [1.54, 1.807) is 6.07 Å². The molecule has 0 saturated carbocycles. The third-order valence-electron chi connectivity index (χ3n) is 2.80. The Kier molecular flexibility index (Phi) is 3.55. The van der Waals surface area contributed by atoms with E-state index in [9.17, 15) is 0 Å². The van der Waals surface area contributed by atoms with Crippen LogP contribution in [0, 0.1) is 0 Å². The lowest BCUT2D eigenvalue weighted by Gasteiger charge is -2.17. The second kappa shape index (κ2) is 4.99. The van der Waals surface area contributed by atoms with E-state index in [-0.39, 0.29) is 5.41 Å². The first-order valence-corrected chi connectivity index (χ1v) is 6.58. The van der Waals surface area contributed by atoms with Gasteiger partial charge in [0.05, 0.1) is 11.9 Å². The number of anilines is 1. The molecule has 2 aromatic rings. The Morgan fingerprint density at radius 1 is 1.26 bits per heavy atom. The number of aromatic nitrogens is 4. The molecule has 0 saturated heterocycles. The normalized spacial score (nSPS) is 11.8. The molecule has 0 spiro atoms. The van der Waals surface area contributed by atoms with Gasteiger partial charge in [0.25, 0.3) is 0 Å². The van der Waals surface area contributed by atoms with Gasteiger partial charge < -0.3 is 5.73 Å². The lowest BCUT2D eigenvalue weighted by molar-refractivity contribution is 0.547. The zero-order valence-electron chi connectivity index (χ0n) is 12.0. The van der Waals surface area contributed by atoms with Crippen LogP contribution in [0.25, 0.3) is 11.3 Å². The van der Waals surface area contributed by atoms with E-state index in [0.29, 0.717) is 5.82 Å². The molecule has 5 heteroatoms. The zero-order chi connectivity index (χ0) is 14.0. The Morgan fingerprint density at radius 2 is 2.00 bits per heavy atom. The zero-order valence-corrected chi connectivity index (χ0v) is 12.0. The van der Waals surface area contributed by atoms with Gasteiger partial charge in [0.15, 0.2) is 0 Å². The van der Waals surface area contributed by atoms with Gasteiger partial charge in [-0.1, -0.05) is 27.7 Å². The number of rotatable bonds is 3. The van der Waals surface area contributed by atoms with Gasteiger partial charge in [0.2, 0.25) is 0 Å². The van der Waals surface area contributed by atoms with E-state index in [1.807, 2.05) is 17.1 Å². The van der Waals surface area contributed by atoms with Crippen LogP contribution in [0.4, 0.5) is 5.82 Å². The lowest BCUT2D eigenvalue weighted by atomic mass is 9.95. The summed E-state index contributed by atoms with van der Waals surface area (Å²) in [4.78, 5) is 8.92. The number of nitrogens with zero attached hydrogens (tertiary/aromatic N) is 4. The number of nitrogens with two attached hydrogens (primary N) is 1. The van der Waals surface area contributed by atoms with E-state index in [0.717, 1.165) is 30.0 Å². The van der Waals surface area contributed by atoms with Crippen molar-refractivity contribution in [3.63, 3.8) is 0 Å². The van der Waals surface area contributed by atoms with Crippen molar-refractivity contribution in [3.8, 4) is 11.3 Å². The molecule has 0 bridgehead atoms. The maximum absolute atomic E-state index is 5.88. The molecule has 102 valence electrons. The first-order valence-electron chi connectivity index (χ1n) is 6.58. The molecule has 19 heavy (non-hydrogen) atoms. The van der Waals surface area contributed by atoms with Crippen molar-refractivity contribution in [2.75, 3.05) is 5.73 Å². The van der Waals surface area contributed by atoms with Gasteiger partial charge in [0, 0.05) is 29.8 Å². The molecule has 0 aliphatic carbocycles. The molecule has 5 nitrogen and oxygen atoms in total. The van der Waals surface area contributed by atoms with E-state index in [4.69, 9.17) is 5.73 Å². The monoisotopic (exact) mass is 259 g/mol. The summed E-state index contributed by atoms with van der Waals surface area (Å²) in [6, 6.07) is 1.79. The van der Waals surface area contributed by atoms with Gasteiger partial charge in [-0.15, -0.1) is 0 Å². The van der Waals surface area contributed by atoms with Crippen molar-refractivity contribution in [2.24, 2.45) is 0 Å². The third kappa shape index (κ3) is 3.10. The Hall–Kier alpha value is -1.91. The van der Waals surface area contributed by atoms with Crippen molar-refractivity contribution in [1.29, 1.82) is 0 Å². The Labute approximate surface area is 113 Å². The van der Waals surface area contributed by atoms with Crippen molar-refractivity contribution >= 4 is 5.82 Å². The Bertz CT molecular complexity index is 565. The van der Waals surface area contributed by atoms with E-state index in [2.05, 4.69) is 42.8 Å². The highest BCUT2D eigenvalue weighted by molar-refractivity contribution is 5.60. The lowest BCUT2D eigenvalue weighted by Crippen LogP contribution is -2.17. The predicted molar refractivity (Wildman–Crippen MR) is 76.7 cm³/mol. The fourth-order valence-corrected chi connectivity index (χ4v) is 1.80. The third-order valence-corrected chi connectivity index (χ3v) is 2.80. The van der Waals surface area contributed by atoms with Crippen LogP contribution in [0.15, 0.2) is 18.5 Å². The van der Waals surface area contributed by atoms with Crippen molar-refractivity contribution in [2.45, 2.75) is 46.1 Å². The molecule has 0 fully saturated rings. The van der Waals surface area contributed by atoms with Crippen molar-refractivity contribution in [1.82, 2.24) is 19.7 Å². The first kappa shape index (κ1) is 13.5. The molecule has 2 aromatic heterocycles. The highest BCUT2D eigenvalue weighted by atomic mass is 15.3. The fourth-order valence-electron chi connectivity index (χ4n) is 1.80. The Balaban J connectivity index is 2.41. The number of hydrogen-bond acceptors (Lipinski definition) is 4. The second-order valence-corrected chi connectivity index (χ2v) is 5.74. The predicted octanol–water partition coefficient (Wildman–Crippen LogP) is 2.63. The topological polar surface area (TPSA) is 69.6 Å². The minimum Gasteiger partial charge on any atom is -0.384 e. The van der Waals surface area contributed by atoms with E-state index in [1.165, 1.54) is 0 Å². The quantitative estimate of drug-likeness (QED) is 0.920. The van der Waals surface area contributed by atoms with E-state index < -0.39 is 0 Å². The van der Waals surface area contributed by atoms with Crippen LogP contribution < -0.4 is 5.73 Å². The summed E-state index contributed by atoms with van der Waals surface area (Å²) >= 11 is 0. The summed E-state index contributed by atoms with van der Waals surface area (Å²) in [6.07, 6.45) is 4.88. The summed E-state index contributed by atoms with van der Waals surface area (Å²) in [5.41, 5.74) is 7.57. The molecule has 2 heterocycles. The van der Waals surface area contributed by atoms with Crippen LogP contribution in [-0.2, 0) is 12.0 Å². The number of hydrogen-bond donors (Lipinski definition) is 1. The number of aryl methyl sites for hydroxylation is 1.